The van der Waals surface area contributed by atoms with Crippen molar-refractivity contribution < 1.29 is 13.9 Å². The van der Waals surface area contributed by atoms with Crippen LogP contribution in [0.4, 0.5) is 0 Å². The molecule has 0 bridgehead atoms. The number of benzene rings is 3. The first-order valence-electron chi connectivity index (χ1n) is 11.8. The molecule has 0 aliphatic carbocycles. The molecule has 1 aliphatic rings. The Morgan fingerprint density at radius 3 is 2.41 bits per heavy atom. The second-order valence-corrected chi connectivity index (χ2v) is 8.58. The SMILES string of the molecule is CCCCOc1ccc([C@@H]2c3c(oc4ccccc4c3=O)C(=O)N2CCc2ccccc2)cc1. The highest BCUT2D eigenvalue weighted by Gasteiger charge is 2.42. The smallest absolute Gasteiger partial charge is 0.290 e. The van der Waals surface area contributed by atoms with E-state index < -0.39 is 6.04 Å². The molecule has 1 aromatic heterocycles. The zero-order valence-electron chi connectivity index (χ0n) is 19.2. The molecule has 3 aromatic carbocycles. The molecule has 0 saturated heterocycles. The van der Waals surface area contributed by atoms with Crippen molar-refractivity contribution in [1.29, 1.82) is 0 Å². The third-order valence-corrected chi connectivity index (χ3v) is 6.32. The Morgan fingerprint density at radius 2 is 1.65 bits per heavy atom. The Kier molecular flexibility index (Phi) is 6.17. The van der Waals surface area contributed by atoms with Crippen LogP contribution >= 0.6 is 0 Å². The average molecular weight is 454 g/mol. The van der Waals surface area contributed by atoms with Crippen LogP contribution in [0.3, 0.4) is 0 Å². The molecule has 4 aromatic rings. The lowest BCUT2D eigenvalue weighted by Gasteiger charge is -2.25. The molecular weight excluding hydrogens is 426 g/mol. The molecule has 0 N–H and O–H groups in total. The van der Waals surface area contributed by atoms with E-state index in [0.29, 0.717) is 36.1 Å². The summed E-state index contributed by atoms with van der Waals surface area (Å²) in [6.45, 7) is 3.27. The van der Waals surface area contributed by atoms with Crippen LogP contribution in [0.1, 0.15) is 53.1 Å². The van der Waals surface area contributed by atoms with Gasteiger partial charge < -0.3 is 14.1 Å². The Labute approximate surface area is 198 Å². The van der Waals surface area contributed by atoms with Crippen molar-refractivity contribution in [2.75, 3.05) is 13.2 Å². The van der Waals surface area contributed by atoms with Crippen molar-refractivity contribution in [3.05, 3.63) is 112 Å². The highest BCUT2D eigenvalue weighted by atomic mass is 16.5. The number of fused-ring (bicyclic) bond motifs is 2. The van der Waals surface area contributed by atoms with Gasteiger partial charge in [0.05, 0.1) is 23.6 Å². The first kappa shape index (κ1) is 22.0. The predicted molar refractivity (Wildman–Crippen MR) is 132 cm³/mol. The number of unbranched alkanes of at least 4 members (excludes halogenated alkanes) is 1. The molecule has 0 saturated carbocycles. The van der Waals surface area contributed by atoms with Crippen molar-refractivity contribution in [2.24, 2.45) is 0 Å². The van der Waals surface area contributed by atoms with Gasteiger partial charge in [-0.2, -0.15) is 0 Å². The topological polar surface area (TPSA) is 59.8 Å². The molecule has 5 rings (SSSR count). The van der Waals surface area contributed by atoms with Crippen LogP contribution in [0.2, 0.25) is 0 Å². The summed E-state index contributed by atoms with van der Waals surface area (Å²) in [5.41, 5.74) is 2.69. The van der Waals surface area contributed by atoms with Crippen LogP contribution in [-0.2, 0) is 6.42 Å². The van der Waals surface area contributed by atoms with E-state index in [1.165, 1.54) is 0 Å². The molecule has 2 heterocycles. The van der Waals surface area contributed by atoms with Gasteiger partial charge in [0.2, 0.25) is 5.76 Å². The fourth-order valence-corrected chi connectivity index (χ4v) is 4.52. The Bertz CT molecular complexity index is 1360. The summed E-state index contributed by atoms with van der Waals surface area (Å²) >= 11 is 0. The van der Waals surface area contributed by atoms with Gasteiger partial charge in [0, 0.05) is 6.54 Å². The zero-order valence-corrected chi connectivity index (χ0v) is 19.2. The number of hydrogen-bond donors (Lipinski definition) is 0. The third kappa shape index (κ3) is 4.10. The van der Waals surface area contributed by atoms with E-state index in [9.17, 15) is 9.59 Å². The van der Waals surface area contributed by atoms with E-state index in [1.807, 2.05) is 60.7 Å². The van der Waals surface area contributed by atoms with Crippen LogP contribution in [0.5, 0.6) is 5.75 Å². The average Bonchev–Trinajstić information content (AvgIpc) is 3.16. The van der Waals surface area contributed by atoms with Gasteiger partial charge in [-0.15, -0.1) is 0 Å². The van der Waals surface area contributed by atoms with E-state index in [4.69, 9.17) is 9.15 Å². The summed E-state index contributed by atoms with van der Waals surface area (Å²) in [5.74, 6) is 0.676. The maximum Gasteiger partial charge on any atom is 0.290 e. The van der Waals surface area contributed by atoms with Gasteiger partial charge >= 0.3 is 0 Å². The summed E-state index contributed by atoms with van der Waals surface area (Å²) < 4.78 is 11.8. The number of ether oxygens (including phenoxy) is 1. The highest BCUT2D eigenvalue weighted by molar-refractivity contribution is 5.99. The van der Waals surface area contributed by atoms with Crippen LogP contribution in [0.25, 0.3) is 11.0 Å². The highest BCUT2D eigenvalue weighted by Crippen LogP contribution is 2.38. The van der Waals surface area contributed by atoms with Crippen LogP contribution < -0.4 is 10.2 Å². The fraction of sp³-hybridized carbons (Fsp3) is 0.241. The maximum absolute atomic E-state index is 13.5. The summed E-state index contributed by atoms with van der Waals surface area (Å²) in [6, 6.07) is 24.3. The number of hydrogen-bond acceptors (Lipinski definition) is 4. The standard InChI is InChI=1S/C29H27NO4/c1-2-3-19-33-22-15-13-21(14-16-22)26-25-27(31)23-11-7-8-12-24(23)34-28(25)29(32)30(26)18-17-20-9-5-4-6-10-20/h4-16,26H,2-3,17-19H2,1H3/t26-/m1/s1. The summed E-state index contributed by atoms with van der Waals surface area (Å²) in [4.78, 5) is 28.8. The Balaban J connectivity index is 1.55. The van der Waals surface area contributed by atoms with E-state index in [1.54, 1.807) is 23.1 Å². The van der Waals surface area contributed by atoms with Gasteiger partial charge in [-0.1, -0.05) is 67.9 Å². The lowest BCUT2D eigenvalue weighted by atomic mass is 9.98. The van der Waals surface area contributed by atoms with E-state index in [-0.39, 0.29) is 17.1 Å². The van der Waals surface area contributed by atoms with Crippen molar-refractivity contribution in [3.63, 3.8) is 0 Å². The van der Waals surface area contributed by atoms with Crippen molar-refractivity contribution in [3.8, 4) is 5.75 Å². The van der Waals surface area contributed by atoms with Gasteiger partial charge in [0.25, 0.3) is 5.91 Å². The molecule has 0 spiro atoms. The second-order valence-electron chi connectivity index (χ2n) is 8.58. The van der Waals surface area contributed by atoms with Gasteiger partial charge in [-0.05, 0) is 48.2 Å². The van der Waals surface area contributed by atoms with Gasteiger partial charge in [0.1, 0.15) is 11.3 Å². The van der Waals surface area contributed by atoms with Crippen LogP contribution in [-0.4, -0.2) is 24.0 Å². The zero-order chi connectivity index (χ0) is 23.5. The summed E-state index contributed by atoms with van der Waals surface area (Å²) in [5, 5.41) is 0.489. The Morgan fingerprint density at radius 1 is 0.912 bits per heavy atom. The maximum atomic E-state index is 13.5. The first-order valence-corrected chi connectivity index (χ1v) is 11.8. The molecule has 1 atom stereocenters. The van der Waals surface area contributed by atoms with E-state index in [0.717, 1.165) is 29.7 Å². The quantitative estimate of drug-likeness (QED) is 0.318. The molecule has 1 amide bonds. The number of nitrogens with zero attached hydrogens (tertiary/aromatic N) is 1. The molecule has 5 heteroatoms. The minimum absolute atomic E-state index is 0.144. The molecule has 0 unspecified atom stereocenters. The van der Waals surface area contributed by atoms with E-state index in [2.05, 4.69) is 6.92 Å². The van der Waals surface area contributed by atoms with Gasteiger partial charge in [-0.25, -0.2) is 0 Å². The van der Waals surface area contributed by atoms with Crippen LogP contribution in [0, 0.1) is 0 Å². The third-order valence-electron chi connectivity index (χ3n) is 6.32. The molecule has 5 nitrogen and oxygen atoms in total. The predicted octanol–water partition coefficient (Wildman–Crippen LogP) is 5.76. The van der Waals surface area contributed by atoms with Gasteiger partial charge in [0.15, 0.2) is 5.43 Å². The van der Waals surface area contributed by atoms with Gasteiger partial charge in [-0.3, -0.25) is 9.59 Å². The molecule has 34 heavy (non-hydrogen) atoms. The normalized spacial score (nSPS) is 15.0. The molecule has 0 radical (unpaired) electrons. The number of carbonyl (C=O) groups is 1. The fourth-order valence-electron chi connectivity index (χ4n) is 4.52. The molecular formula is C29H27NO4. The van der Waals surface area contributed by atoms with Crippen molar-refractivity contribution >= 4 is 16.9 Å². The van der Waals surface area contributed by atoms with Crippen molar-refractivity contribution in [2.45, 2.75) is 32.2 Å². The second kappa shape index (κ2) is 9.56. The van der Waals surface area contributed by atoms with Crippen LogP contribution in [0.15, 0.2) is 88.1 Å². The minimum atomic E-state index is -0.503. The largest absolute Gasteiger partial charge is 0.494 e. The monoisotopic (exact) mass is 453 g/mol. The lowest BCUT2D eigenvalue weighted by molar-refractivity contribution is 0.0730. The number of para-hydroxylation sites is 1. The first-order chi connectivity index (χ1) is 16.7. The number of rotatable bonds is 8. The summed E-state index contributed by atoms with van der Waals surface area (Å²) in [7, 11) is 0. The van der Waals surface area contributed by atoms with Crippen molar-refractivity contribution in [1.82, 2.24) is 4.90 Å². The molecule has 172 valence electrons. The molecule has 0 fully saturated rings. The summed E-state index contributed by atoms with van der Waals surface area (Å²) in [6.07, 6.45) is 2.75. The Hall–Kier alpha value is -3.86. The number of carbonyl (C=O) groups excluding carboxylic acids is 1. The number of amides is 1. The molecule has 1 aliphatic heterocycles. The lowest BCUT2D eigenvalue weighted by Crippen LogP contribution is -2.31. The minimum Gasteiger partial charge on any atom is -0.494 e. The van der Waals surface area contributed by atoms with E-state index >= 15 is 0 Å².